The fourth-order valence-corrected chi connectivity index (χ4v) is 4.44. The lowest BCUT2D eigenvalue weighted by Gasteiger charge is -2.24. The highest BCUT2D eigenvalue weighted by atomic mass is 16.2. The van der Waals surface area contributed by atoms with Crippen molar-refractivity contribution in [3.63, 3.8) is 0 Å². The quantitative estimate of drug-likeness (QED) is 0.278. The van der Waals surface area contributed by atoms with Gasteiger partial charge in [-0.25, -0.2) is 0 Å². The molecule has 0 radical (unpaired) electrons. The Kier molecular flexibility index (Phi) is 10.8. The van der Waals surface area contributed by atoms with E-state index in [0.717, 1.165) is 21.9 Å². The van der Waals surface area contributed by atoms with Crippen LogP contribution in [0.15, 0.2) is 72.8 Å². The second kappa shape index (κ2) is 14.3. The summed E-state index contributed by atoms with van der Waals surface area (Å²) in [6, 6.07) is 22.0. The Morgan fingerprint density at radius 1 is 0.750 bits per heavy atom. The van der Waals surface area contributed by atoms with E-state index in [1.807, 2.05) is 93.6 Å². The molecule has 0 bridgehead atoms. The summed E-state index contributed by atoms with van der Waals surface area (Å²) in [5.41, 5.74) is 1.56. The van der Waals surface area contributed by atoms with E-state index in [0.29, 0.717) is 13.0 Å². The van der Waals surface area contributed by atoms with Gasteiger partial charge in [0.15, 0.2) is 0 Å². The van der Waals surface area contributed by atoms with E-state index in [9.17, 15) is 19.2 Å². The van der Waals surface area contributed by atoms with Gasteiger partial charge in [0.1, 0.15) is 6.04 Å². The van der Waals surface area contributed by atoms with Gasteiger partial charge in [-0.15, -0.1) is 0 Å². The minimum atomic E-state index is -0.791. The molecule has 0 fully saturated rings. The monoisotopic (exact) mass is 544 g/mol. The smallest absolute Gasteiger partial charge is 0.242 e. The van der Waals surface area contributed by atoms with E-state index in [4.69, 9.17) is 0 Å². The molecule has 0 aliphatic carbocycles. The summed E-state index contributed by atoms with van der Waals surface area (Å²) in [5, 5.41) is 13.4. The van der Waals surface area contributed by atoms with Gasteiger partial charge >= 0.3 is 0 Å². The van der Waals surface area contributed by atoms with E-state index in [-0.39, 0.29) is 37.0 Å². The minimum absolute atomic E-state index is 0.0522. The molecular weight excluding hydrogens is 504 g/mol. The van der Waals surface area contributed by atoms with Crippen LogP contribution in [0.25, 0.3) is 10.8 Å². The number of fused-ring (bicyclic) bond motifs is 1. The lowest BCUT2D eigenvalue weighted by Crippen LogP contribution is -2.48. The maximum Gasteiger partial charge on any atom is 0.242 e. The highest BCUT2D eigenvalue weighted by molar-refractivity contribution is 5.89. The molecule has 0 aliphatic heterocycles. The van der Waals surface area contributed by atoms with Gasteiger partial charge in [-0.2, -0.15) is 0 Å². The summed E-state index contributed by atoms with van der Waals surface area (Å²) in [7, 11) is 0. The largest absolute Gasteiger partial charge is 0.352 e. The fourth-order valence-electron chi connectivity index (χ4n) is 4.44. The highest BCUT2D eigenvalue weighted by Crippen LogP contribution is 2.18. The second-order valence-electron chi connectivity index (χ2n) is 11.1. The molecule has 3 aromatic carbocycles. The van der Waals surface area contributed by atoms with Crippen LogP contribution in [-0.4, -0.2) is 41.3 Å². The number of hydrogen-bond donors (Lipinski definition) is 4. The number of nitrogens with one attached hydrogen (secondary N) is 4. The SMILES string of the molecule is C[C@H](NC(=O)C[C@H](CC(=O)NC(C)(C)C)NC(=O)CCc1ccccc1)C(=O)NCc1cccc2ccccc12. The Labute approximate surface area is 236 Å². The molecule has 0 saturated heterocycles. The average Bonchev–Trinajstić information content (AvgIpc) is 2.89. The summed E-state index contributed by atoms with van der Waals surface area (Å²) in [4.78, 5) is 50.9. The van der Waals surface area contributed by atoms with Crippen LogP contribution < -0.4 is 21.3 Å². The molecule has 0 aromatic heterocycles. The van der Waals surface area contributed by atoms with Crippen LogP contribution in [0, 0.1) is 0 Å². The maximum atomic E-state index is 12.9. The van der Waals surface area contributed by atoms with Crippen LogP contribution in [0.2, 0.25) is 0 Å². The van der Waals surface area contributed by atoms with Crippen molar-refractivity contribution in [3.05, 3.63) is 83.9 Å². The molecule has 0 unspecified atom stereocenters. The van der Waals surface area contributed by atoms with Crippen LogP contribution in [0.5, 0.6) is 0 Å². The van der Waals surface area contributed by atoms with Crippen LogP contribution in [-0.2, 0) is 32.1 Å². The molecule has 4 N–H and O–H groups in total. The van der Waals surface area contributed by atoms with Crippen molar-refractivity contribution in [2.75, 3.05) is 0 Å². The van der Waals surface area contributed by atoms with Crippen molar-refractivity contribution in [2.24, 2.45) is 0 Å². The first kappa shape index (κ1) is 30.3. The summed E-state index contributed by atoms with van der Waals surface area (Å²) in [6.07, 6.45) is 0.600. The summed E-state index contributed by atoms with van der Waals surface area (Å²) < 4.78 is 0. The standard InChI is InChI=1S/C32H40N4O4/c1-22(31(40)33-21-25-15-10-14-24-13-8-9-16-27(24)25)34-29(38)19-26(20-30(39)36-32(2,3)4)35-28(37)18-17-23-11-6-5-7-12-23/h5-16,22,26H,17-21H2,1-4H3,(H,33,40)(H,34,38)(H,35,37)(H,36,39)/t22-,26+/m0/s1. The lowest BCUT2D eigenvalue weighted by molar-refractivity contribution is -0.130. The Balaban J connectivity index is 1.55. The zero-order valence-corrected chi connectivity index (χ0v) is 23.8. The van der Waals surface area contributed by atoms with Crippen molar-refractivity contribution >= 4 is 34.4 Å². The number of carbonyl (C=O) groups is 4. The maximum absolute atomic E-state index is 12.9. The molecule has 4 amide bonds. The number of aryl methyl sites for hydroxylation is 1. The number of amides is 4. The number of carbonyl (C=O) groups excluding carboxylic acids is 4. The van der Waals surface area contributed by atoms with Gasteiger partial charge in [-0.05, 0) is 56.0 Å². The van der Waals surface area contributed by atoms with Gasteiger partial charge in [0.05, 0.1) is 0 Å². The van der Waals surface area contributed by atoms with Gasteiger partial charge in [-0.1, -0.05) is 72.8 Å². The third kappa shape index (κ3) is 10.2. The topological polar surface area (TPSA) is 116 Å². The Morgan fingerprint density at radius 2 is 1.40 bits per heavy atom. The molecule has 2 atom stereocenters. The molecule has 3 rings (SSSR count). The fraction of sp³-hybridized carbons (Fsp3) is 0.375. The van der Waals surface area contributed by atoms with E-state index in [1.165, 1.54) is 0 Å². The minimum Gasteiger partial charge on any atom is -0.352 e. The molecule has 8 nitrogen and oxygen atoms in total. The van der Waals surface area contributed by atoms with Gasteiger partial charge in [-0.3, -0.25) is 19.2 Å². The first-order chi connectivity index (χ1) is 19.0. The van der Waals surface area contributed by atoms with Crippen molar-refractivity contribution in [2.45, 2.75) is 77.5 Å². The summed E-state index contributed by atoms with van der Waals surface area (Å²) in [6.45, 7) is 7.53. The molecule has 0 spiro atoms. The number of benzene rings is 3. The molecule has 8 heteroatoms. The van der Waals surface area contributed by atoms with Gasteiger partial charge < -0.3 is 21.3 Å². The van der Waals surface area contributed by atoms with Crippen LogP contribution >= 0.6 is 0 Å². The average molecular weight is 545 g/mol. The van der Waals surface area contributed by atoms with E-state index < -0.39 is 23.5 Å². The van der Waals surface area contributed by atoms with E-state index >= 15 is 0 Å². The molecule has 0 saturated carbocycles. The predicted octanol–water partition coefficient (Wildman–Crippen LogP) is 3.77. The normalized spacial score (nSPS) is 12.7. The Morgan fingerprint density at radius 3 is 2.12 bits per heavy atom. The molecule has 3 aromatic rings. The van der Waals surface area contributed by atoms with Gasteiger partial charge in [0.2, 0.25) is 23.6 Å². The van der Waals surface area contributed by atoms with Crippen molar-refractivity contribution in [3.8, 4) is 0 Å². The molecule has 0 aliphatic rings. The van der Waals surface area contributed by atoms with Gasteiger partial charge in [0, 0.05) is 37.4 Å². The zero-order chi connectivity index (χ0) is 29.1. The van der Waals surface area contributed by atoms with Crippen molar-refractivity contribution in [1.29, 1.82) is 0 Å². The highest BCUT2D eigenvalue weighted by Gasteiger charge is 2.24. The third-order valence-electron chi connectivity index (χ3n) is 6.33. The number of hydrogen-bond acceptors (Lipinski definition) is 4. The summed E-state index contributed by atoms with van der Waals surface area (Å²) in [5.74, 6) is -1.26. The number of rotatable bonds is 12. The molecular formula is C32H40N4O4. The first-order valence-electron chi connectivity index (χ1n) is 13.7. The molecule has 40 heavy (non-hydrogen) atoms. The Bertz CT molecular complexity index is 1310. The van der Waals surface area contributed by atoms with Crippen molar-refractivity contribution < 1.29 is 19.2 Å². The van der Waals surface area contributed by atoms with Crippen LogP contribution in [0.3, 0.4) is 0 Å². The van der Waals surface area contributed by atoms with Crippen LogP contribution in [0.1, 0.15) is 58.1 Å². The first-order valence-corrected chi connectivity index (χ1v) is 13.7. The van der Waals surface area contributed by atoms with E-state index in [1.54, 1.807) is 6.92 Å². The van der Waals surface area contributed by atoms with Crippen LogP contribution in [0.4, 0.5) is 0 Å². The third-order valence-corrected chi connectivity index (χ3v) is 6.33. The Hall–Kier alpha value is -4.20. The zero-order valence-electron chi connectivity index (χ0n) is 23.8. The lowest BCUT2D eigenvalue weighted by atomic mass is 10.0. The molecule has 0 heterocycles. The predicted molar refractivity (Wildman–Crippen MR) is 157 cm³/mol. The van der Waals surface area contributed by atoms with Gasteiger partial charge in [0.25, 0.3) is 0 Å². The molecule has 212 valence electrons. The van der Waals surface area contributed by atoms with Crippen molar-refractivity contribution in [1.82, 2.24) is 21.3 Å². The van der Waals surface area contributed by atoms with E-state index in [2.05, 4.69) is 21.3 Å². The summed E-state index contributed by atoms with van der Waals surface area (Å²) >= 11 is 0. The second-order valence-corrected chi connectivity index (χ2v) is 11.1.